The Morgan fingerprint density at radius 2 is 1.69 bits per heavy atom. The second-order valence-electron chi connectivity index (χ2n) is 13.7. The van der Waals surface area contributed by atoms with Crippen molar-refractivity contribution in [1.82, 2.24) is 10.6 Å². The Morgan fingerprint density at radius 3 is 2.31 bits per heavy atom. The van der Waals surface area contributed by atoms with E-state index in [0.717, 1.165) is 25.7 Å². The smallest absolute Gasteiger partial charge is 0.348 e. The average molecular weight is 667 g/mol. The predicted molar refractivity (Wildman–Crippen MR) is 168 cm³/mol. The van der Waals surface area contributed by atoms with Crippen LogP contribution in [0.1, 0.15) is 68.3 Å². The van der Waals surface area contributed by atoms with Crippen molar-refractivity contribution < 1.29 is 52.8 Å². The Hall–Kier alpha value is -4.07. The van der Waals surface area contributed by atoms with Gasteiger partial charge in [-0.2, -0.15) is 0 Å². The van der Waals surface area contributed by atoms with Crippen molar-refractivity contribution in [2.75, 3.05) is 26.3 Å². The van der Waals surface area contributed by atoms with Gasteiger partial charge in [-0.05, 0) is 55.5 Å². The molecule has 4 unspecified atom stereocenters. The van der Waals surface area contributed by atoms with Crippen molar-refractivity contribution in [3.63, 3.8) is 0 Å². The molecule has 1 aromatic carbocycles. The molecule has 48 heavy (non-hydrogen) atoms. The van der Waals surface area contributed by atoms with Crippen LogP contribution in [0.5, 0.6) is 0 Å². The zero-order valence-corrected chi connectivity index (χ0v) is 27.1. The lowest BCUT2D eigenvalue weighted by Crippen LogP contribution is -2.44. The number of hydrogen-bond donors (Lipinski definition) is 3. The molecule has 0 spiro atoms. The topological polar surface area (TPSA) is 176 Å². The molecule has 3 N–H and O–H groups in total. The molecule has 2 saturated carbocycles. The van der Waals surface area contributed by atoms with E-state index in [4.69, 9.17) is 28.8 Å². The molecule has 13 nitrogen and oxygen atoms in total. The van der Waals surface area contributed by atoms with Gasteiger partial charge in [-0.1, -0.05) is 26.0 Å². The van der Waals surface area contributed by atoms with Gasteiger partial charge in [-0.25, -0.2) is 14.4 Å². The molecule has 4 atom stereocenters. The Labute approximate surface area is 278 Å². The summed E-state index contributed by atoms with van der Waals surface area (Å²) in [5.41, 5.74) is 0.656. The summed E-state index contributed by atoms with van der Waals surface area (Å²) in [5, 5.41) is 14.2. The third kappa shape index (κ3) is 7.48. The average Bonchev–Trinajstić information content (AvgIpc) is 4.01. The van der Waals surface area contributed by atoms with Crippen LogP contribution in [0.4, 0.5) is 0 Å². The molecule has 4 fully saturated rings. The summed E-state index contributed by atoms with van der Waals surface area (Å²) in [6.07, 6.45) is 5.71. The number of ether oxygens (including phenoxy) is 5. The molecule has 2 amide bonds. The number of carbonyl (C=O) groups excluding carboxylic acids is 5. The van der Waals surface area contributed by atoms with E-state index in [1.807, 2.05) is 0 Å². The zero-order valence-electron chi connectivity index (χ0n) is 27.1. The fourth-order valence-electron chi connectivity index (χ4n) is 6.45. The van der Waals surface area contributed by atoms with E-state index in [9.17, 15) is 24.0 Å². The van der Waals surface area contributed by atoms with Crippen LogP contribution in [-0.4, -0.2) is 91.3 Å². The summed E-state index contributed by atoms with van der Waals surface area (Å²) in [6, 6.07) is 6.43. The molecule has 0 radical (unpaired) electrons. The number of cyclic esters (lactones) is 1. The van der Waals surface area contributed by atoms with Gasteiger partial charge < -0.3 is 39.4 Å². The number of aliphatic hydroxyl groups is 1. The van der Waals surface area contributed by atoms with Crippen molar-refractivity contribution in [3.05, 3.63) is 53.1 Å². The maximum absolute atomic E-state index is 13.4. The first-order valence-corrected chi connectivity index (χ1v) is 16.6. The maximum atomic E-state index is 13.4. The SMILES string of the molecule is CC1(C)COC(=O)C1OC(=O)C=Cc1ccc(C(=O)OC2CC(C(=O)NCCC(=O)NCCO)=CC3OC(C4CC4)(C4CC4)OC32)cc1. The van der Waals surface area contributed by atoms with Crippen molar-refractivity contribution in [1.29, 1.82) is 0 Å². The number of rotatable bonds is 13. The lowest BCUT2D eigenvalue weighted by Gasteiger charge is -2.31. The highest BCUT2D eigenvalue weighted by Crippen LogP contribution is 2.59. The van der Waals surface area contributed by atoms with Gasteiger partial charge in [0.15, 0.2) is 5.79 Å². The summed E-state index contributed by atoms with van der Waals surface area (Å²) in [5.74, 6) is -2.73. The Balaban J connectivity index is 1.10. The second kappa shape index (κ2) is 13.8. The van der Waals surface area contributed by atoms with Crippen LogP contribution in [0, 0.1) is 17.3 Å². The van der Waals surface area contributed by atoms with E-state index in [1.165, 1.54) is 12.2 Å². The predicted octanol–water partition coefficient (Wildman–Crippen LogP) is 1.97. The highest BCUT2D eigenvalue weighted by Gasteiger charge is 2.64. The maximum Gasteiger partial charge on any atom is 0.348 e. The minimum Gasteiger partial charge on any atom is -0.462 e. The molecule has 13 heteroatoms. The molecule has 5 aliphatic rings. The number of amides is 2. The van der Waals surface area contributed by atoms with E-state index < -0.39 is 53.5 Å². The van der Waals surface area contributed by atoms with Crippen molar-refractivity contribution in [2.24, 2.45) is 17.3 Å². The Bertz CT molecular complexity index is 1480. The molecule has 0 aromatic heterocycles. The summed E-state index contributed by atoms with van der Waals surface area (Å²) in [6.45, 7) is 3.80. The molecular weight excluding hydrogens is 624 g/mol. The van der Waals surface area contributed by atoms with Gasteiger partial charge in [0.1, 0.15) is 24.9 Å². The third-order valence-corrected chi connectivity index (χ3v) is 9.33. The lowest BCUT2D eigenvalue weighted by atomic mass is 9.90. The van der Waals surface area contributed by atoms with E-state index >= 15 is 0 Å². The molecule has 1 aromatic rings. The van der Waals surface area contributed by atoms with Gasteiger partial charge >= 0.3 is 17.9 Å². The highest BCUT2D eigenvalue weighted by atomic mass is 16.8. The first kappa shape index (κ1) is 33.8. The van der Waals surface area contributed by atoms with E-state index in [1.54, 1.807) is 44.2 Å². The number of benzene rings is 1. The van der Waals surface area contributed by atoms with Crippen molar-refractivity contribution in [2.45, 2.75) is 82.6 Å². The zero-order chi connectivity index (χ0) is 34.1. The molecule has 258 valence electrons. The summed E-state index contributed by atoms with van der Waals surface area (Å²) in [4.78, 5) is 62.7. The molecule has 2 aliphatic heterocycles. The lowest BCUT2D eigenvalue weighted by molar-refractivity contribution is -0.209. The summed E-state index contributed by atoms with van der Waals surface area (Å²) >= 11 is 0. The largest absolute Gasteiger partial charge is 0.462 e. The number of nitrogens with one attached hydrogen (secondary N) is 2. The number of esters is 3. The Kier molecular flexibility index (Phi) is 9.73. The molecule has 3 aliphatic carbocycles. The van der Waals surface area contributed by atoms with Gasteiger partial charge in [-0.15, -0.1) is 0 Å². The first-order chi connectivity index (χ1) is 23.0. The van der Waals surface area contributed by atoms with Crippen LogP contribution in [0.2, 0.25) is 0 Å². The first-order valence-electron chi connectivity index (χ1n) is 16.6. The summed E-state index contributed by atoms with van der Waals surface area (Å²) in [7, 11) is 0. The standard InChI is InChI=1S/C35H42N2O11/c1-34(2)19-44-33(43)30(34)46-28(40)12-5-20-3-6-21(7-4-20)32(42)45-25-17-22(31(41)37-14-13-27(39)36-15-16-38)18-26-29(25)48-35(47-26,23-8-9-23)24-10-11-24/h3-7,12,18,23-26,29-30,38H,8-11,13-17,19H2,1-2H3,(H,36,39)(H,37,41). The van der Waals surface area contributed by atoms with Crippen LogP contribution >= 0.6 is 0 Å². The Morgan fingerprint density at radius 1 is 0.979 bits per heavy atom. The fraction of sp³-hybridized carbons (Fsp3) is 0.571. The normalized spacial score (nSPS) is 27.1. The van der Waals surface area contributed by atoms with E-state index in [0.29, 0.717) is 11.1 Å². The van der Waals surface area contributed by atoms with Gasteiger partial charge in [0, 0.05) is 54.8 Å². The quantitative estimate of drug-likeness (QED) is 0.159. The van der Waals surface area contributed by atoms with Gasteiger partial charge in [-0.3, -0.25) is 9.59 Å². The van der Waals surface area contributed by atoms with E-state index in [2.05, 4.69) is 10.6 Å². The van der Waals surface area contributed by atoms with Crippen LogP contribution in [0.3, 0.4) is 0 Å². The van der Waals surface area contributed by atoms with Crippen LogP contribution in [0.15, 0.2) is 42.0 Å². The van der Waals surface area contributed by atoms with Gasteiger partial charge in [0.25, 0.3) is 0 Å². The molecule has 0 bridgehead atoms. The van der Waals surface area contributed by atoms with Crippen LogP contribution < -0.4 is 10.6 Å². The minimum atomic E-state index is -0.982. The number of fused-ring (bicyclic) bond motifs is 1. The van der Waals surface area contributed by atoms with Crippen LogP contribution in [-0.2, 0) is 42.9 Å². The number of aliphatic hydroxyl groups excluding tert-OH is 1. The minimum absolute atomic E-state index is 0.0509. The van der Waals surface area contributed by atoms with Crippen molar-refractivity contribution in [3.8, 4) is 0 Å². The number of hydrogen-bond acceptors (Lipinski definition) is 11. The number of carbonyl (C=O) groups is 5. The fourth-order valence-corrected chi connectivity index (χ4v) is 6.45. The molecular formula is C35H42N2O11. The van der Waals surface area contributed by atoms with E-state index in [-0.39, 0.29) is 68.4 Å². The second-order valence-corrected chi connectivity index (χ2v) is 13.7. The third-order valence-electron chi connectivity index (χ3n) is 9.33. The van der Waals surface area contributed by atoms with Crippen LogP contribution in [0.25, 0.3) is 6.08 Å². The highest BCUT2D eigenvalue weighted by molar-refractivity contribution is 5.95. The molecule has 2 saturated heterocycles. The van der Waals surface area contributed by atoms with Gasteiger partial charge in [0.2, 0.25) is 17.9 Å². The summed E-state index contributed by atoms with van der Waals surface area (Å²) < 4.78 is 29.5. The molecule has 2 heterocycles. The van der Waals surface area contributed by atoms with Crippen molar-refractivity contribution >= 4 is 35.8 Å². The molecule has 6 rings (SSSR count). The van der Waals surface area contributed by atoms with Gasteiger partial charge in [0.05, 0.1) is 12.2 Å². The monoisotopic (exact) mass is 666 g/mol.